The number of nitrogens with zero attached hydrogens (tertiary/aromatic N) is 3. The van der Waals surface area contributed by atoms with E-state index < -0.39 is 0 Å². The zero-order valence-electron chi connectivity index (χ0n) is 11.1. The fourth-order valence-electron chi connectivity index (χ4n) is 4.64. The number of piperidine rings is 1. The van der Waals surface area contributed by atoms with E-state index in [1.165, 1.54) is 45.2 Å². The summed E-state index contributed by atoms with van der Waals surface area (Å²) < 4.78 is 1.86. The highest BCUT2D eigenvalue weighted by atomic mass is 15.3. The molecule has 0 radical (unpaired) electrons. The van der Waals surface area contributed by atoms with E-state index in [4.69, 9.17) is 0 Å². The number of hydrogen-bond donors (Lipinski definition) is 1. The molecule has 2 aliphatic carbocycles. The molecule has 4 nitrogen and oxygen atoms in total. The van der Waals surface area contributed by atoms with Crippen LogP contribution in [0.1, 0.15) is 37.9 Å². The van der Waals surface area contributed by atoms with Crippen LogP contribution < -0.4 is 5.32 Å². The summed E-state index contributed by atoms with van der Waals surface area (Å²) in [6, 6.07) is 0. The first-order valence-corrected chi connectivity index (χ1v) is 7.36. The molecule has 3 fully saturated rings. The molecule has 3 aliphatic rings. The maximum absolute atomic E-state index is 4.58. The number of fused-ring (bicyclic) bond motifs is 1. The molecular formula is C14H22N4. The van der Waals surface area contributed by atoms with Crippen LogP contribution in [0.5, 0.6) is 0 Å². The Hall–Kier alpha value is -0.900. The molecule has 3 atom stereocenters. The van der Waals surface area contributed by atoms with Crippen LogP contribution in [0, 0.1) is 17.8 Å². The third-order valence-corrected chi connectivity index (χ3v) is 5.76. The summed E-state index contributed by atoms with van der Waals surface area (Å²) in [5.41, 5.74) is 0.386. The standard InChI is InChI=1S/C14H22N4/c1-18-9-16-13(17-18)14-5-2-12(14)11(8-14)10-3-6-15-7-4-10/h9-12,15H,2-8H2,1H3. The van der Waals surface area contributed by atoms with Crippen LogP contribution in [0.4, 0.5) is 0 Å². The van der Waals surface area contributed by atoms with Gasteiger partial charge in [0.2, 0.25) is 0 Å². The first-order valence-electron chi connectivity index (χ1n) is 7.36. The Bertz CT molecular complexity index is 448. The molecule has 1 aromatic rings. The second-order valence-corrected chi connectivity index (χ2v) is 6.50. The van der Waals surface area contributed by atoms with Crippen LogP contribution in [0.15, 0.2) is 6.33 Å². The van der Waals surface area contributed by atoms with Gasteiger partial charge in [0.15, 0.2) is 5.82 Å². The zero-order chi connectivity index (χ0) is 12.2. The Morgan fingerprint density at radius 2 is 2.17 bits per heavy atom. The van der Waals surface area contributed by atoms with Gasteiger partial charge in [0.05, 0.1) is 0 Å². The summed E-state index contributed by atoms with van der Waals surface area (Å²) in [5, 5.41) is 8.06. The summed E-state index contributed by atoms with van der Waals surface area (Å²) in [4.78, 5) is 4.53. The SMILES string of the molecule is Cn1cnc(C23CCC2C(C2CCNCC2)C3)n1. The number of nitrogens with one attached hydrogen (secondary N) is 1. The van der Waals surface area contributed by atoms with Gasteiger partial charge in [-0.2, -0.15) is 5.10 Å². The summed E-state index contributed by atoms with van der Waals surface area (Å²) in [7, 11) is 1.98. The lowest BCUT2D eigenvalue weighted by atomic mass is 9.40. The number of rotatable bonds is 2. The minimum atomic E-state index is 0.386. The Balaban J connectivity index is 1.51. The van der Waals surface area contributed by atoms with Crippen LogP contribution in [0.3, 0.4) is 0 Å². The molecule has 3 unspecified atom stereocenters. The largest absolute Gasteiger partial charge is 0.317 e. The van der Waals surface area contributed by atoms with E-state index in [0.717, 1.165) is 23.6 Å². The van der Waals surface area contributed by atoms with Gasteiger partial charge in [-0.3, -0.25) is 4.68 Å². The molecule has 4 heteroatoms. The Morgan fingerprint density at radius 1 is 1.33 bits per heavy atom. The second kappa shape index (κ2) is 3.80. The van der Waals surface area contributed by atoms with Gasteiger partial charge >= 0.3 is 0 Å². The molecule has 18 heavy (non-hydrogen) atoms. The predicted octanol–water partition coefficient (Wildman–Crippen LogP) is 1.48. The first kappa shape index (κ1) is 11.0. The van der Waals surface area contributed by atoms with Gasteiger partial charge in [-0.1, -0.05) is 0 Å². The minimum absolute atomic E-state index is 0.386. The van der Waals surface area contributed by atoms with Crippen molar-refractivity contribution in [3.63, 3.8) is 0 Å². The van der Waals surface area contributed by atoms with E-state index in [0.29, 0.717) is 5.41 Å². The molecule has 1 saturated heterocycles. The van der Waals surface area contributed by atoms with Crippen LogP contribution in [0.2, 0.25) is 0 Å². The molecule has 2 heterocycles. The van der Waals surface area contributed by atoms with E-state index >= 15 is 0 Å². The molecular weight excluding hydrogens is 224 g/mol. The lowest BCUT2D eigenvalue weighted by Crippen LogP contribution is -2.61. The monoisotopic (exact) mass is 246 g/mol. The molecule has 0 aromatic carbocycles. The number of aromatic nitrogens is 3. The van der Waals surface area contributed by atoms with Crippen molar-refractivity contribution >= 4 is 0 Å². The van der Waals surface area contributed by atoms with Crippen molar-refractivity contribution in [3.8, 4) is 0 Å². The first-order chi connectivity index (χ1) is 8.79. The summed E-state index contributed by atoms with van der Waals surface area (Å²) in [6.07, 6.45) is 8.71. The molecule has 2 saturated carbocycles. The molecule has 98 valence electrons. The number of hydrogen-bond acceptors (Lipinski definition) is 3. The van der Waals surface area contributed by atoms with Crippen molar-refractivity contribution in [2.24, 2.45) is 24.8 Å². The predicted molar refractivity (Wildman–Crippen MR) is 69.1 cm³/mol. The van der Waals surface area contributed by atoms with Crippen molar-refractivity contribution < 1.29 is 0 Å². The Labute approximate surface area is 108 Å². The van der Waals surface area contributed by atoms with Gasteiger partial charge in [-0.05, 0) is 62.9 Å². The summed E-state index contributed by atoms with van der Waals surface area (Å²) >= 11 is 0. The van der Waals surface area contributed by atoms with E-state index in [2.05, 4.69) is 15.4 Å². The van der Waals surface area contributed by atoms with Crippen molar-refractivity contribution in [2.45, 2.75) is 37.5 Å². The van der Waals surface area contributed by atoms with Crippen molar-refractivity contribution in [1.29, 1.82) is 0 Å². The quantitative estimate of drug-likeness (QED) is 0.859. The third-order valence-electron chi connectivity index (χ3n) is 5.76. The lowest BCUT2D eigenvalue weighted by molar-refractivity contribution is -0.103. The van der Waals surface area contributed by atoms with Crippen LogP contribution >= 0.6 is 0 Å². The van der Waals surface area contributed by atoms with E-state index in [1.54, 1.807) is 0 Å². The molecule has 0 amide bonds. The zero-order valence-corrected chi connectivity index (χ0v) is 11.1. The van der Waals surface area contributed by atoms with E-state index in [-0.39, 0.29) is 0 Å². The molecule has 0 bridgehead atoms. The topological polar surface area (TPSA) is 42.7 Å². The van der Waals surface area contributed by atoms with Crippen LogP contribution in [-0.2, 0) is 12.5 Å². The summed E-state index contributed by atoms with van der Waals surface area (Å²) in [5.74, 6) is 3.95. The fourth-order valence-corrected chi connectivity index (χ4v) is 4.64. The van der Waals surface area contributed by atoms with E-state index in [1.807, 2.05) is 18.1 Å². The normalized spacial score (nSPS) is 39.8. The summed E-state index contributed by atoms with van der Waals surface area (Å²) in [6.45, 7) is 2.45. The average Bonchev–Trinajstić information content (AvgIpc) is 2.80. The van der Waals surface area contributed by atoms with Gasteiger partial charge in [0.25, 0.3) is 0 Å². The maximum Gasteiger partial charge on any atom is 0.157 e. The second-order valence-electron chi connectivity index (χ2n) is 6.50. The van der Waals surface area contributed by atoms with Crippen LogP contribution in [-0.4, -0.2) is 27.9 Å². The van der Waals surface area contributed by atoms with Gasteiger partial charge in [0, 0.05) is 12.5 Å². The van der Waals surface area contributed by atoms with Gasteiger partial charge < -0.3 is 5.32 Å². The highest BCUT2D eigenvalue weighted by Gasteiger charge is 2.63. The van der Waals surface area contributed by atoms with Gasteiger partial charge in [-0.15, -0.1) is 0 Å². The molecule has 1 aliphatic heterocycles. The minimum Gasteiger partial charge on any atom is -0.317 e. The smallest absolute Gasteiger partial charge is 0.157 e. The highest BCUT2D eigenvalue weighted by molar-refractivity contribution is 5.24. The van der Waals surface area contributed by atoms with Gasteiger partial charge in [-0.25, -0.2) is 4.98 Å². The number of aryl methyl sites for hydroxylation is 1. The van der Waals surface area contributed by atoms with Crippen molar-refractivity contribution in [2.75, 3.05) is 13.1 Å². The lowest BCUT2D eigenvalue weighted by Gasteiger charge is -2.64. The molecule has 1 N–H and O–H groups in total. The molecule has 4 rings (SSSR count). The molecule has 1 aromatic heterocycles. The van der Waals surface area contributed by atoms with Gasteiger partial charge in [0.1, 0.15) is 6.33 Å². The maximum atomic E-state index is 4.58. The van der Waals surface area contributed by atoms with Crippen LogP contribution in [0.25, 0.3) is 0 Å². The van der Waals surface area contributed by atoms with Crippen molar-refractivity contribution in [1.82, 2.24) is 20.1 Å². The molecule has 0 spiro atoms. The van der Waals surface area contributed by atoms with Crippen molar-refractivity contribution in [3.05, 3.63) is 12.2 Å². The Kier molecular flexibility index (Phi) is 2.31. The Morgan fingerprint density at radius 3 is 2.72 bits per heavy atom. The van der Waals surface area contributed by atoms with E-state index in [9.17, 15) is 0 Å². The highest BCUT2D eigenvalue weighted by Crippen LogP contribution is 2.66. The average molecular weight is 246 g/mol. The third kappa shape index (κ3) is 1.35. The fraction of sp³-hybridized carbons (Fsp3) is 0.857.